The third-order valence-electron chi connectivity index (χ3n) is 6.93. The SMILES string of the molecule is CCOc1ccc(Cc2cc([C@@H]3O[C@H](CSc4cc(N)ccc4F)[C@@H](OC(C)=O)[C@H](OC(C)=O)[C@H]3OC(C)=O)ccc2Cl)cc1. The molecule has 1 fully saturated rings. The molecule has 0 saturated carbocycles. The van der Waals surface area contributed by atoms with E-state index in [-0.39, 0.29) is 10.6 Å². The van der Waals surface area contributed by atoms with E-state index in [0.29, 0.717) is 29.3 Å². The van der Waals surface area contributed by atoms with Crippen LogP contribution in [0.3, 0.4) is 0 Å². The number of nitrogens with two attached hydrogens (primary N) is 1. The van der Waals surface area contributed by atoms with E-state index in [1.807, 2.05) is 37.3 Å². The Hall–Kier alpha value is -3.80. The highest BCUT2D eigenvalue weighted by Gasteiger charge is 2.52. The summed E-state index contributed by atoms with van der Waals surface area (Å²) in [7, 11) is 0. The molecule has 1 saturated heterocycles. The van der Waals surface area contributed by atoms with Crippen LogP contribution in [0, 0.1) is 5.82 Å². The van der Waals surface area contributed by atoms with E-state index >= 15 is 0 Å². The van der Waals surface area contributed by atoms with E-state index in [1.54, 1.807) is 12.1 Å². The molecular weight excluding hydrogens is 625 g/mol. The van der Waals surface area contributed by atoms with Crippen LogP contribution < -0.4 is 10.5 Å². The van der Waals surface area contributed by atoms with Gasteiger partial charge in [0.15, 0.2) is 18.3 Å². The maximum absolute atomic E-state index is 14.6. The summed E-state index contributed by atoms with van der Waals surface area (Å²) >= 11 is 7.70. The fourth-order valence-electron chi connectivity index (χ4n) is 5.10. The monoisotopic (exact) mass is 659 g/mol. The first-order chi connectivity index (χ1) is 21.4. The highest BCUT2D eigenvalue weighted by molar-refractivity contribution is 7.99. The molecule has 1 aliphatic heterocycles. The number of hydrogen-bond acceptors (Lipinski definition) is 10. The number of benzene rings is 3. The first kappa shape index (κ1) is 34.1. The molecule has 0 spiro atoms. The van der Waals surface area contributed by atoms with Gasteiger partial charge in [0.1, 0.15) is 23.8 Å². The molecule has 12 heteroatoms. The van der Waals surface area contributed by atoms with Crippen molar-refractivity contribution in [3.63, 3.8) is 0 Å². The van der Waals surface area contributed by atoms with Gasteiger partial charge in [-0.25, -0.2) is 4.39 Å². The summed E-state index contributed by atoms with van der Waals surface area (Å²) in [6.07, 6.45) is -5.04. The van der Waals surface area contributed by atoms with Gasteiger partial charge in [-0.1, -0.05) is 35.9 Å². The number of carbonyl (C=O) groups excluding carboxylic acids is 3. The van der Waals surface area contributed by atoms with Gasteiger partial charge in [0.2, 0.25) is 0 Å². The Morgan fingerprint density at radius 3 is 2.18 bits per heavy atom. The molecule has 5 atom stereocenters. The number of rotatable bonds is 11. The van der Waals surface area contributed by atoms with Crippen LogP contribution in [0.5, 0.6) is 5.75 Å². The maximum atomic E-state index is 14.6. The fraction of sp³-hybridized carbons (Fsp3) is 0.364. The molecule has 240 valence electrons. The number of nitrogen functional groups attached to an aromatic ring is 1. The van der Waals surface area contributed by atoms with Gasteiger partial charge in [-0.15, -0.1) is 11.8 Å². The van der Waals surface area contributed by atoms with E-state index in [1.165, 1.54) is 39.0 Å². The molecule has 0 unspecified atom stereocenters. The normalized spacial score (nSPS) is 21.1. The van der Waals surface area contributed by atoms with Gasteiger partial charge < -0.3 is 29.4 Å². The van der Waals surface area contributed by atoms with Crippen LogP contribution in [0.15, 0.2) is 65.6 Å². The van der Waals surface area contributed by atoms with Crippen molar-refractivity contribution in [2.45, 2.75) is 69.5 Å². The predicted octanol–water partition coefficient (Wildman–Crippen LogP) is 6.08. The van der Waals surface area contributed by atoms with Gasteiger partial charge in [-0.2, -0.15) is 0 Å². The second-order valence-corrected chi connectivity index (χ2v) is 11.9. The average Bonchev–Trinajstić information content (AvgIpc) is 2.97. The van der Waals surface area contributed by atoms with E-state index in [9.17, 15) is 18.8 Å². The molecule has 1 heterocycles. The molecule has 9 nitrogen and oxygen atoms in total. The number of hydrogen-bond donors (Lipinski definition) is 1. The summed E-state index contributed by atoms with van der Waals surface area (Å²) < 4.78 is 43.6. The highest BCUT2D eigenvalue weighted by Crippen LogP contribution is 2.40. The molecule has 3 aromatic carbocycles. The quantitative estimate of drug-likeness (QED) is 0.112. The number of carbonyl (C=O) groups is 3. The second kappa shape index (κ2) is 15.5. The van der Waals surface area contributed by atoms with Gasteiger partial charge in [0.05, 0.1) is 6.61 Å². The second-order valence-electron chi connectivity index (χ2n) is 10.4. The van der Waals surface area contributed by atoms with E-state index in [2.05, 4.69) is 0 Å². The Morgan fingerprint density at radius 2 is 1.53 bits per heavy atom. The third-order valence-corrected chi connectivity index (χ3v) is 8.41. The molecular formula is C33H35ClFNO8S. The molecule has 4 rings (SSSR count). The van der Waals surface area contributed by atoms with Gasteiger partial charge >= 0.3 is 17.9 Å². The molecule has 2 N–H and O–H groups in total. The van der Waals surface area contributed by atoms with E-state index in [4.69, 9.17) is 41.0 Å². The summed E-state index contributed by atoms with van der Waals surface area (Å²) in [4.78, 5) is 37.1. The molecule has 0 aliphatic carbocycles. The summed E-state index contributed by atoms with van der Waals surface area (Å²) in [5, 5.41) is 0.506. The highest BCUT2D eigenvalue weighted by atomic mass is 35.5. The van der Waals surface area contributed by atoms with Crippen LogP contribution in [0.1, 0.15) is 50.5 Å². The third kappa shape index (κ3) is 9.12. The van der Waals surface area contributed by atoms with Gasteiger partial charge in [-0.05, 0) is 66.4 Å². The topological polar surface area (TPSA) is 123 Å². The van der Waals surface area contributed by atoms with Crippen LogP contribution in [-0.4, -0.2) is 54.7 Å². The Kier molecular flexibility index (Phi) is 11.7. The van der Waals surface area contributed by atoms with Crippen molar-refractivity contribution >= 4 is 47.0 Å². The Morgan fingerprint density at radius 1 is 0.889 bits per heavy atom. The zero-order chi connectivity index (χ0) is 32.7. The smallest absolute Gasteiger partial charge is 0.303 e. The summed E-state index contributed by atoms with van der Waals surface area (Å²) in [5.74, 6) is -1.68. The van der Waals surface area contributed by atoms with Crippen molar-refractivity contribution in [3.05, 3.63) is 88.2 Å². The minimum Gasteiger partial charge on any atom is -0.494 e. The van der Waals surface area contributed by atoms with Crippen LogP contribution in [-0.2, 0) is 39.8 Å². The van der Waals surface area contributed by atoms with Gasteiger partial charge in [0.25, 0.3) is 0 Å². The van der Waals surface area contributed by atoms with Crippen LogP contribution in [0.4, 0.5) is 10.1 Å². The maximum Gasteiger partial charge on any atom is 0.303 e. The van der Waals surface area contributed by atoms with Crippen LogP contribution >= 0.6 is 23.4 Å². The summed E-state index contributed by atoms with van der Waals surface area (Å²) in [6, 6.07) is 17.1. The first-order valence-electron chi connectivity index (χ1n) is 14.3. The fourth-order valence-corrected chi connectivity index (χ4v) is 6.32. The minimum absolute atomic E-state index is 0.0754. The molecule has 0 aromatic heterocycles. The summed E-state index contributed by atoms with van der Waals surface area (Å²) in [5.41, 5.74) is 8.56. The van der Waals surface area contributed by atoms with Crippen molar-refractivity contribution in [2.75, 3.05) is 18.1 Å². The lowest BCUT2D eigenvalue weighted by Gasteiger charge is -2.45. The largest absolute Gasteiger partial charge is 0.494 e. The van der Waals surface area contributed by atoms with Crippen LogP contribution in [0.25, 0.3) is 0 Å². The lowest BCUT2D eigenvalue weighted by molar-refractivity contribution is -0.244. The number of halogens is 2. The number of esters is 3. The molecule has 0 bridgehead atoms. The predicted molar refractivity (Wildman–Crippen MR) is 168 cm³/mol. The number of anilines is 1. The Bertz CT molecular complexity index is 1520. The van der Waals surface area contributed by atoms with E-state index in [0.717, 1.165) is 28.6 Å². The van der Waals surface area contributed by atoms with E-state index < -0.39 is 54.2 Å². The van der Waals surface area contributed by atoms with Crippen LogP contribution in [0.2, 0.25) is 5.02 Å². The van der Waals surface area contributed by atoms with Crippen molar-refractivity contribution in [2.24, 2.45) is 0 Å². The lowest BCUT2D eigenvalue weighted by Crippen LogP contribution is -2.59. The zero-order valence-corrected chi connectivity index (χ0v) is 26.9. The van der Waals surface area contributed by atoms with Gasteiger partial charge in [-0.3, -0.25) is 14.4 Å². The molecule has 0 amide bonds. The van der Waals surface area contributed by atoms with Crippen molar-refractivity contribution in [1.82, 2.24) is 0 Å². The molecule has 1 aliphatic rings. The number of thioether (sulfide) groups is 1. The molecule has 0 radical (unpaired) electrons. The zero-order valence-electron chi connectivity index (χ0n) is 25.3. The van der Waals surface area contributed by atoms with Crippen molar-refractivity contribution in [1.29, 1.82) is 0 Å². The minimum atomic E-state index is -1.24. The standard InChI is InChI=1S/C33H35ClFNO8S/c1-5-40-25-10-6-21(7-11-25)14-23-15-22(8-12-26(23)34)30-32(42-19(3)38)33(43-20(4)39)31(41-18(2)37)28(44-30)17-45-29-16-24(36)9-13-27(29)35/h6-13,15-16,28,30-33H,5,14,17,36H2,1-4H3/t28-,30+,31-,32+,33+/m1/s1. The van der Waals surface area contributed by atoms with Gasteiger partial charge in [0, 0.05) is 42.1 Å². The van der Waals surface area contributed by atoms with Crippen molar-refractivity contribution < 1.29 is 42.5 Å². The number of ether oxygens (including phenoxy) is 5. The van der Waals surface area contributed by atoms with Crippen molar-refractivity contribution in [3.8, 4) is 5.75 Å². The Balaban J connectivity index is 1.73. The Labute approximate surface area is 270 Å². The first-order valence-corrected chi connectivity index (χ1v) is 15.7. The average molecular weight is 660 g/mol. The lowest BCUT2D eigenvalue weighted by atomic mass is 9.89. The summed E-state index contributed by atoms with van der Waals surface area (Å²) in [6.45, 7) is 6.08. The molecule has 45 heavy (non-hydrogen) atoms. The molecule has 3 aromatic rings.